The number of carbonyl (C=O) groups is 1. The largest absolute Gasteiger partial charge is 0.495 e. The van der Waals surface area contributed by atoms with Crippen LogP contribution in [0.1, 0.15) is 20.3 Å². The topological polar surface area (TPSA) is 44.8 Å². The third kappa shape index (κ3) is 1.67. The standard InChI is InChI=1S/C10H14O4/c1-10(2)13-8-4-6-12-7(3-5-11)9(8)14-10/h4-9H,3H2,1-2H3/t7?,8?,9-/m0/s1. The Morgan fingerprint density at radius 2 is 2.21 bits per heavy atom. The van der Waals surface area contributed by atoms with E-state index in [1.807, 2.05) is 19.9 Å². The number of hydrogen-bond donors (Lipinski definition) is 0. The van der Waals surface area contributed by atoms with Crippen molar-refractivity contribution in [3.8, 4) is 0 Å². The van der Waals surface area contributed by atoms with Crippen LogP contribution in [0, 0.1) is 0 Å². The Labute approximate surface area is 82.8 Å². The summed E-state index contributed by atoms with van der Waals surface area (Å²) >= 11 is 0. The van der Waals surface area contributed by atoms with E-state index < -0.39 is 5.79 Å². The van der Waals surface area contributed by atoms with Gasteiger partial charge in [-0.1, -0.05) is 0 Å². The summed E-state index contributed by atoms with van der Waals surface area (Å²) in [4.78, 5) is 10.4. The number of carbonyl (C=O) groups excluding carboxylic acids is 1. The van der Waals surface area contributed by atoms with Crippen LogP contribution in [0.25, 0.3) is 0 Å². The van der Waals surface area contributed by atoms with Crippen LogP contribution in [-0.4, -0.2) is 30.4 Å². The molecule has 0 aromatic heterocycles. The molecule has 2 aliphatic heterocycles. The summed E-state index contributed by atoms with van der Waals surface area (Å²) in [6, 6.07) is 0. The zero-order valence-corrected chi connectivity index (χ0v) is 8.30. The van der Waals surface area contributed by atoms with Gasteiger partial charge in [0.1, 0.15) is 24.6 Å². The first-order valence-electron chi connectivity index (χ1n) is 4.74. The van der Waals surface area contributed by atoms with Crippen molar-refractivity contribution in [3.05, 3.63) is 12.3 Å². The molecule has 0 radical (unpaired) electrons. The minimum Gasteiger partial charge on any atom is -0.495 e. The van der Waals surface area contributed by atoms with E-state index in [4.69, 9.17) is 14.2 Å². The van der Waals surface area contributed by atoms with Gasteiger partial charge in [-0.3, -0.25) is 0 Å². The van der Waals surface area contributed by atoms with Crippen LogP contribution in [0.15, 0.2) is 12.3 Å². The van der Waals surface area contributed by atoms with Crippen molar-refractivity contribution in [2.75, 3.05) is 0 Å². The van der Waals surface area contributed by atoms with Crippen LogP contribution >= 0.6 is 0 Å². The Kier molecular flexibility index (Phi) is 2.33. The van der Waals surface area contributed by atoms with Crippen LogP contribution < -0.4 is 0 Å². The Morgan fingerprint density at radius 3 is 2.93 bits per heavy atom. The summed E-state index contributed by atoms with van der Waals surface area (Å²) < 4.78 is 16.6. The van der Waals surface area contributed by atoms with Gasteiger partial charge in [-0.15, -0.1) is 0 Å². The Morgan fingerprint density at radius 1 is 1.43 bits per heavy atom. The second kappa shape index (κ2) is 3.37. The van der Waals surface area contributed by atoms with Gasteiger partial charge in [-0.2, -0.15) is 0 Å². The first-order valence-corrected chi connectivity index (χ1v) is 4.74. The van der Waals surface area contributed by atoms with Gasteiger partial charge in [-0.05, 0) is 19.9 Å². The molecule has 0 aliphatic carbocycles. The average Bonchev–Trinajstić information content (AvgIpc) is 2.41. The van der Waals surface area contributed by atoms with E-state index in [0.717, 1.165) is 6.29 Å². The predicted octanol–water partition coefficient (Wildman–Crippen LogP) is 1.01. The fraction of sp³-hybridized carbons (Fsp3) is 0.700. The highest BCUT2D eigenvalue weighted by Crippen LogP contribution is 2.34. The van der Waals surface area contributed by atoms with E-state index in [9.17, 15) is 4.79 Å². The Hall–Kier alpha value is -0.870. The summed E-state index contributed by atoms with van der Waals surface area (Å²) in [5, 5.41) is 0. The molecule has 4 nitrogen and oxygen atoms in total. The lowest BCUT2D eigenvalue weighted by molar-refractivity contribution is -0.153. The normalized spacial score (nSPS) is 38.9. The maximum atomic E-state index is 10.4. The smallest absolute Gasteiger partial charge is 0.164 e. The summed E-state index contributed by atoms with van der Waals surface area (Å²) in [5.74, 6) is -0.589. The molecule has 0 N–H and O–H groups in total. The van der Waals surface area contributed by atoms with Crippen LogP contribution in [0.2, 0.25) is 0 Å². The van der Waals surface area contributed by atoms with E-state index in [1.54, 1.807) is 6.26 Å². The summed E-state index contributed by atoms with van der Waals surface area (Å²) in [6.45, 7) is 3.72. The molecule has 2 heterocycles. The SMILES string of the molecule is CC1(C)OC2C=COC(CC=O)[C@@H]2O1. The second-order valence-corrected chi connectivity index (χ2v) is 3.97. The number of rotatable bonds is 2. The maximum Gasteiger partial charge on any atom is 0.164 e. The molecule has 4 heteroatoms. The van der Waals surface area contributed by atoms with E-state index in [0.29, 0.717) is 6.42 Å². The van der Waals surface area contributed by atoms with Gasteiger partial charge >= 0.3 is 0 Å². The molecule has 78 valence electrons. The fourth-order valence-corrected chi connectivity index (χ4v) is 1.84. The van der Waals surface area contributed by atoms with E-state index in [1.165, 1.54) is 0 Å². The molecule has 0 spiro atoms. The minimum absolute atomic E-state index is 0.0938. The first kappa shape index (κ1) is 9.68. The number of hydrogen-bond acceptors (Lipinski definition) is 4. The van der Waals surface area contributed by atoms with Crippen molar-refractivity contribution in [1.29, 1.82) is 0 Å². The van der Waals surface area contributed by atoms with Crippen LogP contribution in [0.4, 0.5) is 0 Å². The number of ether oxygens (including phenoxy) is 3. The van der Waals surface area contributed by atoms with Gasteiger partial charge in [0.15, 0.2) is 5.79 Å². The zero-order chi connectivity index (χ0) is 10.2. The van der Waals surface area contributed by atoms with Crippen molar-refractivity contribution < 1.29 is 19.0 Å². The number of aldehydes is 1. The highest BCUT2D eigenvalue weighted by Gasteiger charge is 2.46. The van der Waals surface area contributed by atoms with Crippen LogP contribution in [0.3, 0.4) is 0 Å². The maximum absolute atomic E-state index is 10.4. The lowest BCUT2D eigenvalue weighted by Crippen LogP contribution is -2.38. The molecule has 2 rings (SSSR count). The van der Waals surface area contributed by atoms with Gasteiger partial charge in [0.05, 0.1) is 6.26 Å². The summed E-state index contributed by atoms with van der Waals surface area (Å²) in [7, 11) is 0. The molecule has 3 atom stereocenters. The zero-order valence-electron chi connectivity index (χ0n) is 8.30. The summed E-state index contributed by atoms with van der Waals surface area (Å²) in [5.41, 5.74) is 0. The minimum atomic E-state index is -0.589. The monoisotopic (exact) mass is 198 g/mol. The van der Waals surface area contributed by atoms with Gasteiger partial charge < -0.3 is 19.0 Å². The first-order chi connectivity index (χ1) is 6.62. The molecule has 1 saturated heterocycles. The molecule has 0 saturated carbocycles. The second-order valence-electron chi connectivity index (χ2n) is 3.97. The lowest BCUT2D eigenvalue weighted by Gasteiger charge is -2.26. The lowest BCUT2D eigenvalue weighted by atomic mass is 10.0. The molecular formula is C10H14O4. The van der Waals surface area contributed by atoms with Crippen LogP contribution in [0.5, 0.6) is 0 Å². The molecule has 2 unspecified atom stereocenters. The van der Waals surface area contributed by atoms with Crippen molar-refractivity contribution in [2.45, 2.75) is 44.4 Å². The highest BCUT2D eigenvalue weighted by molar-refractivity contribution is 5.50. The fourth-order valence-electron chi connectivity index (χ4n) is 1.84. The molecule has 2 aliphatic rings. The molecule has 1 fully saturated rings. The van der Waals surface area contributed by atoms with Crippen molar-refractivity contribution in [3.63, 3.8) is 0 Å². The summed E-state index contributed by atoms with van der Waals surface area (Å²) in [6.07, 6.45) is 4.11. The molecule has 0 bridgehead atoms. The third-order valence-electron chi connectivity index (χ3n) is 2.38. The van der Waals surface area contributed by atoms with Crippen molar-refractivity contribution in [1.82, 2.24) is 0 Å². The average molecular weight is 198 g/mol. The van der Waals surface area contributed by atoms with Gasteiger partial charge in [0.25, 0.3) is 0 Å². The van der Waals surface area contributed by atoms with Gasteiger partial charge in [-0.25, -0.2) is 0 Å². The Balaban J connectivity index is 2.12. The van der Waals surface area contributed by atoms with Crippen molar-refractivity contribution in [2.24, 2.45) is 0 Å². The van der Waals surface area contributed by atoms with Crippen molar-refractivity contribution >= 4 is 6.29 Å². The molecule has 0 amide bonds. The Bertz CT molecular complexity index is 259. The molecule has 0 aromatic carbocycles. The van der Waals surface area contributed by atoms with E-state index in [2.05, 4.69) is 0 Å². The highest BCUT2D eigenvalue weighted by atomic mass is 16.8. The van der Waals surface area contributed by atoms with E-state index >= 15 is 0 Å². The number of fused-ring (bicyclic) bond motifs is 1. The molecule has 0 aromatic rings. The molecule has 14 heavy (non-hydrogen) atoms. The van der Waals surface area contributed by atoms with E-state index in [-0.39, 0.29) is 18.3 Å². The van der Waals surface area contributed by atoms with Gasteiger partial charge in [0.2, 0.25) is 0 Å². The quantitative estimate of drug-likeness (QED) is 0.621. The molecular weight excluding hydrogens is 184 g/mol. The van der Waals surface area contributed by atoms with Gasteiger partial charge in [0, 0.05) is 6.42 Å². The third-order valence-corrected chi connectivity index (χ3v) is 2.38. The predicted molar refractivity (Wildman–Crippen MR) is 48.5 cm³/mol. The van der Waals surface area contributed by atoms with Crippen LogP contribution in [-0.2, 0) is 19.0 Å².